The molecular formula is C8H7NOS. The monoisotopic (exact) mass is 165 g/mol. The summed E-state index contributed by atoms with van der Waals surface area (Å²) in [6.07, 6.45) is 0.451. The zero-order chi connectivity index (χ0) is 8.27. The van der Waals surface area contributed by atoms with Gasteiger partial charge in [-0.05, 0) is 12.1 Å². The van der Waals surface area contributed by atoms with Crippen molar-refractivity contribution in [3.05, 3.63) is 34.2 Å². The highest BCUT2D eigenvalue weighted by Crippen LogP contribution is 2.17. The van der Waals surface area contributed by atoms with E-state index in [1.165, 1.54) is 11.3 Å². The van der Waals surface area contributed by atoms with Crippen LogP contribution in [0.1, 0.15) is 9.75 Å². The summed E-state index contributed by atoms with van der Waals surface area (Å²) in [5.41, 5.74) is 0. The number of rotatable bonds is 2. The van der Waals surface area contributed by atoms with E-state index in [2.05, 4.69) is 6.58 Å². The van der Waals surface area contributed by atoms with Gasteiger partial charge in [0, 0.05) is 11.3 Å². The molecular weight excluding hydrogens is 158 g/mol. The maximum absolute atomic E-state index is 8.82. The van der Waals surface area contributed by atoms with Gasteiger partial charge in [-0.1, -0.05) is 6.58 Å². The molecule has 11 heavy (non-hydrogen) atoms. The van der Waals surface area contributed by atoms with E-state index in [1.807, 2.05) is 12.1 Å². The first kappa shape index (κ1) is 7.83. The molecule has 0 radical (unpaired) electrons. The van der Waals surface area contributed by atoms with Crippen molar-refractivity contribution in [3.8, 4) is 6.07 Å². The Kier molecular flexibility index (Phi) is 2.29. The summed E-state index contributed by atoms with van der Waals surface area (Å²) < 4.78 is 0. The normalized spacial score (nSPS) is 9.00. The summed E-state index contributed by atoms with van der Waals surface area (Å²) in [6.45, 7) is 3.36. The second-order valence-corrected chi connectivity index (χ2v) is 3.29. The van der Waals surface area contributed by atoms with Crippen LogP contribution in [0.4, 0.5) is 0 Å². The standard InChI is InChI=1S/C8H7NOS/c1-6(10)4-7-2-3-8(5-9)11-7/h2-3,10H,1,4H2. The van der Waals surface area contributed by atoms with Gasteiger partial charge in [0.05, 0.1) is 5.76 Å². The first-order chi connectivity index (χ1) is 5.22. The van der Waals surface area contributed by atoms with Crippen LogP contribution in [0.15, 0.2) is 24.5 Å². The predicted molar refractivity (Wildman–Crippen MR) is 44.5 cm³/mol. The number of aliphatic hydroxyl groups is 1. The molecule has 0 amide bonds. The van der Waals surface area contributed by atoms with Gasteiger partial charge in [0.25, 0.3) is 0 Å². The number of allylic oxidation sites excluding steroid dienone is 1. The molecule has 1 aromatic heterocycles. The van der Waals surface area contributed by atoms with Crippen molar-refractivity contribution in [3.63, 3.8) is 0 Å². The molecule has 1 N–H and O–H groups in total. The number of thiophene rings is 1. The van der Waals surface area contributed by atoms with E-state index in [0.29, 0.717) is 11.3 Å². The van der Waals surface area contributed by atoms with Crippen molar-refractivity contribution in [1.29, 1.82) is 5.26 Å². The molecule has 0 fully saturated rings. The van der Waals surface area contributed by atoms with E-state index in [4.69, 9.17) is 10.4 Å². The highest BCUT2D eigenvalue weighted by molar-refractivity contribution is 7.12. The van der Waals surface area contributed by atoms with Crippen molar-refractivity contribution in [2.24, 2.45) is 0 Å². The zero-order valence-corrected chi connectivity index (χ0v) is 6.69. The molecule has 1 aromatic rings. The van der Waals surface area contributed by atoms with E-state index < -0.39 is 0 Å². The molecule has 0 atom stereocenters. The van der Waals surface area contributed by atoms with Crippen LogP contribution >= 0.6 is 11.3 Å². The number of nitrogens with zero attached hydrogens (tertiary/aromatic N) is 1. The Morgan fingerprint density at radius 2 is 2.45 bits per heavy atom. The third kappa shape index (κ3) is 2.10. The Morgan fingerprint density at radius 3 is 2.91 bits per heavy atom. The first-order valence-electron chi connectivity index (χ1n) is 3.08. The minimum Gasteiger partial charge on any atom is -0.513 e. The zero-order valence-electron chi connectivity index (χ0n) is 5.87. The van der Waals surface area contributed by atoms with Crippen LogP contribution < -0.4 is 0 Å². The third-order valence-corrected chi connectivity index (χ3v) is 2.14. The number of nitriles is 1. The summed E-state index contributed by atoms with van der Waals surface area (Å²) >= 11 is 1.38. The first-order valence-corrected chi connectivity index (χ1v) is 3.89. The van der Waals surface area contributed by atoms with Crippen molar-refractivity contribution in [2.75, 3.05) is 0 Å². The van der Waals surface area contributed by atoms with E-state index in [-0.39, 0.29) is 5.76 Å². The molecule has 56 valence electrons. The van der Waals surface area contributed by atoms with Crippen molar-refractivity contribution < 1.29 is 5.11 Å². The van der Waals surface area contributed by atoms with Gasteiger partial charge in [-0.2, -0.15) is 5.26 Å². The third-order valence-electron chi connectivity index (χ3n) is 1.15. The van der Waals surface area contributed by atoms with Crippen LogP contribution in [-0.4, -0.2) is 5.11 Å². The van der Waals surface area contributed by atoms with Gasteiger partial charge in [-0.25, -0.2) is 0 Å². The number of hydrogen-bond donors (Lipinski definition) is 1. The molecule has 0 aliphatic carbocycles. The summed E-state index contributed by atoms with van der Waals surface area (Å²) in [7, 11) is 0. The fourth-order valence-electron chi connectivity index (χ4n) is 0.734. The van der Waals surface area contributed by atoms with Crippen LogP contribution in [0.25, 0.3) is 0 Å². The molecule has 0 bridgehead atoms. The topological polar surface area (TPSA) is 44.0 Å². The number of aliphatic hydroxyl groups excluding tert-OH is 1. The van der Waals surface area contributed by atoms with Gasteiger partial charge in [0.2, 0.25) is 0 Å². The maximum Gasteiger partial charge on any atom is 0.110 e. The Balaban J connectivity index is 2.75. The minimum absolute atomic E-state index is 0.135. The smallest absolute Gasteiger partial charge is 0.110 e. The Bertz CT molecular complexity index is 308. The lowest BCUT2D eigenvalue weighted by Gasteiger charge is -1.90. The second kappa shape index (κ2) is 3.22. The molecule has 0 unspecified atom stereocenters. The van der Waals surface area contributed by atoms with Gasteiger partial charge in [0.1, 0.15) is 10.9 Å². The molecule has 0 aliphatic rings. The molecule has 0 aromatic carbocycles. The fourth-order valence-corrected chi connectivity index (χ4v) is 1.57. The van der Waals surface area contributed by atoms with Crippen molar-refractivity contribution in [2.45, 2.75) is 6.42 Å². The van der Waals surface area contributed by atoms with Crippen LogP contribution in [0.3, 0.4) is 0 Å². The van der Waals surface area contributed by atoms with Crippen LogP contribution in [0, 0.1) is 11.3 Å². The predicted octanol–water partition coefficient (Wildman–Crippen LogP) is 2.23. The summed E-state index contributed by atoms with van der Waals surface area (Å²) in [5, 5.41) is 17.3. The molecule has 0 spiro atoms. The highest BCUT2D eigenvalue weighted by Gasteiger charge is 1.99. The molecule has 1 rings (SSSR count). The number of hydrogen-bond acceptors (Lipinski definition) is 3. The summed E-state index contributed by atoms with van der Waals surface area (Å²) in [5.74, 6) is 0.135. The fraction of sp³-hybridized carbons (Fsp3) is 0.125. The second-order valence-electron chi connectivity index (χ2n) is 2.12. The molecule has 2 nitrogen and oxygen atoms in total. The summed E-state index contributed by atoms with van der Waals surface area (Å²) in [4.78, 5) is 1.63. The lowest BCUT2D eigenvalue weighted by Crippen LogP contribution is -1.81. The largest absolute Gasteiger partial charge is 0.513 e. The minimum atomic E-state index is 0.135. The molecule has 1 heterocycles. The van der Waals surface area contributed by atoms with Crippen LogP contribution in [0.5, 0.6) is 0 Å². The van der Waals surface area contributed by atoms with Crippen molar-refractivity contribution >= 4 is 11.3 Å². The molecule has 0 aliphatic heterocycles. The SMILES string of the molecule is C=C(O)Cc1ccc(C#N)s1. The molecule has 0 saturated carbocycles. The van der Waals surface area contributed by atoms with Crippen LogP contribution in [0.2, 0.25) is 0 Å². The average Bonchev–Trinajstić information content (AvgIpc) is 2.34. The van der Waals surface area contributed by atoms with Crippen molar-refractivity contribution in [1.82, 2.24) is 0 Å². The van der Waals surface area contributed by atoms with Gasteiger partial charge in [0.15, 0.2) is 0 Å². The van der Waals surface area contributed by atoms with Gasteiger partial charge in [-0.15, -0.1) is 11.3 Å². The van der Waals surface area contributed by atoms with Gasteiger partial charge >= 0.3 is 0 Å². The Labute approximate surface area is 69.0 Å². The highest BCUT2D eigenvalue weighted by atomic mass is 32.1. The van der Waals surface area contributed by atoms with Gasteiger partial charge < -0.3 is 5.11 Å². The quantitative estimate of drug-likeness (QED) is 0.683. The average molecular weight is 165 g/mol. The molecule has 3 heteroatoms. The lowest BCUT2D eigenvalue weighted by molar-refractivity contribution is 0.402. The Morgan fingerprint density at radius 1 is 1.73 bits per heavy atom. The maximum atomic E-state index is 8.82. The Hall–Kier alpha value is -1.27. The van der Waals surface area contributed by atoms with E-state index >= 15 is 0 Å². The van der Waals surface area contributed by atoms with E-state index in [0.717, 1.165) is 4.88 Å². The molecule has 0 saturated heterocycles. The van der Waals surface area contributed by atoms with E-state index in [9.17, 15) is 0 Å². The van der Waals surface area contributed by atoms with Gasteiger partial charge in [-0.3, -0.25) is 0 Å². The summed E-state index contributed by atoms with van der Waals surface area (Å²) in [6, 6.07) is 5.59. The lowest BCUT2D eigenvalue weighted by atomic mass is 10.3. The van der Waals surface area contributed by atoms with Crippen LogP contribution in [-0.2, 0) is 6.42 Å². The van der Waals surface area contributed by atoms with E-state index in [1.54, 1.807) is 6.07 Å².